The second-order valence-corrected chi connectivity index (χ2v) is 4.29. The number of aromatic nitrogens is 2. The number of aromatic amines is 1. The predicted octanol–water partition coefficient (Wildman–Crippen LogP) is 4.71. The maximum absolute atomic E-state index is 4.31. The van der Waals surface area contributed by atoms with Gasteiger partial charge in [-0.25, -0.2) is 4.98 Å². The third-order valence-electron chi connectivity index (χ3n) is 3.08. The molecule has 0 saturated heterocycles. The lowest BCUT2D eigenvalue weighted by molar-refractivity contribution is 0.966. The van der Waals surface area contributed by atoms with Crippen LogP contribution in [0.5, 0.6) is 0 Å². The second kappa shape index (κ2) is 5.67. The van der Waals surface area contributed by atoms with E-state index in [4.69, 9.17) is 0 Å². The number of H-pyrrole nitrogens is 1. The van der Waals surface area contributed by atoms with E-state index in [2.05, 4.69) is 41.2 Å². The maximum atomic E-state index is 4.31. The van der Waals surface area contributed by atoms with E-state index in [-0.39, 0.29) is 0 Å². The van der Waals surface area contributed by atoms with Crippen molar-refractivity contribution in [1.82, 2.24) is 9.97 Å². The SMILES string of the molecule is CC.CC1=CC(c2ccnc3[nH]ccc23)=CCC1. The summed E-state index contributed by atoms with van der Waals surface area (Å²) in [6, 6.07) is 4.19. The summed E-state index contributed by atoms with van der Waals surface area (Å²) in [7, 11) is 0. The number of nitrogens with one attached hydrogen (secondary N) is 1. The Morgan fingerprint density at radius 1 is 1.22 bits per heavy atom. The Bertz CT molecular complexity index is 588. The van der Waals surface area contributed by atoms with E-state index < -0.39 is 0 Å². The number of allylic oxidation sites excluding steroid dienone is 4. The van der Waals surface area contributed by atoms with Gasteiger partial charge in [0.25, 0.3) is 0 Å². The van der Waals surface area contributed by atoms with Crippen molar-refractivity contribution in [3.8, 4) is 0 Å². The molecule has 0 aliphatic heterocycles. The highest BCUT2D eigenvalue weighted by Crippen LogP contribution is 2.29. The quantitative estimate of drug-likeness (QED) is 0.768. The molecular formula is C16H20N2. The van der Waals surface area contributed by atoms with Crippen LogP contribution in [0.1, 0.15) is 39.2 Å². The number of rotatable bonds is 1. The number of fused-ring (bicyclic) bond motifs is 1. The molecule has 0 radical (unpaired) electrons. The lowest BCUT2D eigenvalue weighted by Gasteiger charge is -2.11. The van der Waals surface area contributed by atoms with Gasteiger partial charge in [-0.2, -0.15) is 0 Å². The van der Waals surface area contributed by atoms with Crippen LogP contribution in [0.2, 0.25) is 0 Å². The van der Waals surface area contributed by atoms with Crippen molar-refractivity contribution in [3.05, 3.63) is 47.8 Å². The third-order valence-corrected chi connectivity index (χ3v) is 3.08. The fourth-order valence-corrected chi connectivity index (χ4v) is 2.25. The summed E-state index contributed by atoms with van der Waals surface area (Å²) in [5.41, 5.74) is 5.04. The van der Waals surface area contributed by atoms with Crippen molar-refractivity contribution in [1.29, 1.82) is 0 Å². The average Bonchev–Trinajstić information content (AvgIpc) is 2.89. The molecule has 1 aliphatic carbocycles. The molecule has 94 valence electrons. The molecule has 0 fully saturated rings. The maximum Gasteiger partial charge on any atom is 0.137 e. The largest absolute Gasteiger partial charge is 0.346 e. The van der Waals surface area contributed by atoms with Crippen molar-refractivity contribution in [2.24, 2.45) is 0 Å². The fraction of sp³-hybridized carbons (Fsp3) is 0.312. The number of hydrogen-bond donors (Lipinski definition) is 1. The zero-order valence-corrected chi connectivity index (χ0v) is 11.3. The zero-order chi connectivity index (χ0) is 13.0. The van der Waals surface area contributed by atoms with Crippen LogP contribution in [0.25, 0.3) is 16.6 Å². The molecule has 0 aromatic carbocycles. The summed E-state index contributed by atoms with van der Waals surface area (Å²) in [6.07, 6.45) is 10.7. The van der Waals surface area contributed by atoms with E-state index in [1.54, 1.807) is 0 Å². The second-order valence-electron chi connectivity index (χ2n) is 4.29. The molecule has 1 N–H and O–H groups in total. The van der Waals surface area contributed by atoms with Gasteiger partial charge in [-0.05, 0) is 43.0 Å². The van der Waals surface area contributed by atoms with Crippen molar-refractivity contribution in [2.45, 2.75) is 33.6 Å². The Balaban J connectivity index is 0.000000574. The minimum absolute atomic E-state index is 0.968. The Morgan fingerprint density at radius 3 is 2.83 bits per heavy atom. The van der Waals surface area contributed by atoms with Gasteiger partial charge in [0.2, 0.25) is 0 Å². The van der Waals surface area contributed by atoms with E-state index in [0.29, 0.717) is 0 Å². The molecule has 2 aromatic heterocycles. The van der Waals surface area contributed by atoms with Crippen molar-refractivity contribution < 1.29 is 0 Å². The van der Waals surface area contributed by atoms with Crippen LogP contribution in [0, 0.1) is 0 Å². The molecule has 0 saturated carbocycles. The monoisotopic (exact) mass is 240 g/mol. The van der Waals surface area contributed by atoms with E-state index in [1.807, 2.05) is 26.2 Å². The van der Waals surface area contributed by atoms with Crippen molar-refractivity contribution in [3.63, 3.8) is 0 Å². The Kier molecular flexibility index (Phi) is 3.98. The highest BCUT2D eigenvalue weighted by molar-refractivity contribution is 5.93. The van der Waals surface area contributed by atoms with Crippen LogP contribution in [-0.2, 0) is 0 Å². The van der Waals surface area contributed by atoms with Crippen LogP contribution in [0.4, 0.5) is 0 Å². The summed E-state index contributed by atoms with van der Waals surface area (Å²) in [5, 5.41) is 1.21. The summed E-state index contributed by atoms with van der Waals surface area (Å²) >= 11 is 0. The zero-order valence-electron chi connectivity index (χ0n) is 11.3. The molecule has 2 heterocycles. The van der Waals surface area contributed by atoms with Gasteiger partial charge in [0.05, 0.1) is 0 Å². The van der Waals surface area contributed by atoms with Gasteiger partial charge in [-0.3, -0.25) is 0 Å². The molecule has 0 atom stereocenters. The predicted molar refractivity (Wildman–Crippen MR) is 78.4 cm³/mol. The van der Waals surface area contributed by atoms with Gasteiger partial charge in [0.15, 0.2) is 0 Å². The first-order chi connectivity index (χ1) is 8.84. The molecule has 2 nitrogen and oxygen atoms in total. The first-order valence-electron chi connectivity index (χ1n) is 6.64. The molecule has 0 unspecified atom stereocenters. The normalized spacial score (nSPS) is 14.6. The standard InChI is InChI=1S/C14H14N2.C2H6/c1-10-3-2-4-11(9-10)12-5-7-15-14-13(12)6-8-16-14;1-2/h4-9H,2-3H2,1H3,(H,15,16);1-2H3. The molecule has 0 bridgehead atoms. The first-order valence-corrected chi connectivity index (χ1v) is 6.64. The third kappa shape index (κ3) is 2.37. The summed E-state index contributed by atoms with van der Waals surface area (Å²) < 4.78 is 0. The number of nitrogens with zero attached hydrogens (tertiary/aromatic N) is 1. The molecule has 3 rings (SSSR count). The van der Waals surface area contributed by atoms with Crippen LogP contribution >= 0.6 is 0 Å². The van der Waals surface area contributed by atoms with Crippen LogP contribution in [0.3, 0.4) is 0 Å². The van der Waals surface area contributed by atoms with E-state index >= 15 is 0 Å². The average molecular weight is 240 g/mol. The smallest absolute Gasteiger partial charge is 0.137 e. The molecule has 2 heteroatoms. The molecular weight excluding hydrogens is 220 g/mol. The fourth-order valence-electron chi connectivity index (χ4n) is 2.25. The van der Waals surface area contributed by atoms with Crippen LogP contribution in [0.15, 0.2) is 42.3 Å². The Hall–Kier alpha value is -1.83. The molecule has 18 heavy (non-hydrogen) atoms. The first kappa shape index (κ1) is 12.6. The van der Waals surface area contributed by atoms with Crippen molar-refractivity contribution in [2.75, 3.05) is 0 Å². The van der Waals surface area contributed by atoms with Gasteiger partial charge in [0, 0.05) is 17.8 Å². The van der Waals surface area contributed by atoms with Gasteiger partial charge in [0.1, 0.15) is 5.65 Å². The Labute approximate surface area is 108 Å². The Morgan fingerprint density at radius 2 is 2.06 bits per heavy atom. The lowest BCUT2D eigenvalue weighted by Crippen LogP contribution is -1.91. The summed E-state index contributed by atoms with van der Waals surface area (Å²) in [6.45, 7) is 6.20. The molecule has 0 amide bonds. The highest BCUT2D eigenvalue weighted by atomic mass is 14.8. The van der Waals surface area contributed by atoms with E-state index in [1.165, 1.54) is 28.5 Å². The lowest BCUT2D eigenvalue weighted by atomic mass is 9.94. The van der Waals surface area contributed by atoms with Crippen LogP contribution < -0.4 is 0 Å². The van der Waals surface area contributed by atoms with Gasteiger partial charge in [-0.15, -0.1) is 0 Å². The molecule has 2 aromatic rings. The van der Waals surface area contributed by atoms with E-state index in [0.717, 1.165) is 12.1 Å². The molecule has 1 aliphatic rings. The minimum Gasteiger partial charge on any atom is -0.346 e. The topological polar surface area (TPSA) is 28.7 Å². The van der Waals surface area contributed by atoms with Gasteiger partial charge >= 0.3 is 0 Å². The van der Waals surface area contributed by atoms with Crippen LogP contribution in [-0.4, -0.2) is 9.97 Å². The van der Waals surface area contributed by atoms with Crippen molar-refractivity contribution >= 4 is 16.6 Å². The summed E-state index contributed by atoms with van der Waals surface area (Å²) in [4.78, 5) is 7.46. The van der Waals surface area contributed by atoms with Gasteiger partial charge < -0.3 is 4.98 Å². The van der Waals surface area contributed by atoms with E-state index in [9.17, 15) is 0 Å². The number of pyridine rings is 1. The summed E-state index contributed by atoms with van der Waals surface area (Å²) in [5.74, 6) is 0. The van der Waals surface area contributed by atoms with Gasteiger partial charge in [-0.1, -0.05) is 31.6 Å². The number of hydrogen-bond acceptors (Lipinski definition) is 1. The highest BCUT2D eigenvalue weighted by Gasteiger charge is 2.08. The molecule has 0 spiro atoms. The minimum atomic E-state index is 0.968.